The maximum atomic E-state index is 12.8. The topological polar surface area (TPSA) is 102 Å². The summed E-state index contributed by atoms with van der Waals surface area (Å²) in [6.07, 6.45) is 61.5. The number of unbranched alkanes of at least 4 members (excludes halogenated alkanes) is 30. The van der Waals surface area contributed by atoms with Crippen LogP contribution in [0.25, 0.3) is 0 Å². The molecule has 0 amide bonds. The first kappa shape index (κ1) is 64.3. The zero-order valence-corrected chi connectivity index (χ0v) is 44.6. The summed E-state index contributed by atoms with van der Waals surface area (Å²) >= 11 is 0. The van der Waals surface area contributed by atoms with Crippen molar-refractivity contribution in [2.75, 3.05) is 41.0 Å². The number of hydrogen-bond acceptors (Lipinski definition) is 7. The monoisotopic (exact) mass is 942 g/mol. The number of aliphatic carboxylic acids is 1. The van der Waals surface area contributed by atoms with Crippen LogP contribution in [0.15, 0.2) is 48.6 Å². The predicted molar refractivity (Wildman–Crippen MR) is 282 cm³/mol. The average Bonchev–Trinajstić information content (AvgIpc) is 3.29. The zero-order valence-electron chi connectivity index (χ0n) is 44.6. The molecule has 0 spiro atoms. The van der Waals surface area contributed by atoms with Gasteiger partial charge in [0.1, 0.15) is 12.6 Å². The van der Waals surface area contributed by atoms with Crippen LogP contribution in [0.2, 0.25) is 0 Å². The van der Waals surface area contributed by atoms with Crippen molar-refractivity contribution in [3.8, 4) is 0 Å². The summed E-state index contributed by atoms with van der Waals surface area (Å²) in [6.45, 7) is 4.67. The van der Waals surface area contributed by atoms with Gasteiger partial charge < -0.3 is 28.6 Å². The van der Waals surface area contributed by atoms with Gasteiger partial charge in [-0.15, -0.1) is 0 Å². The van der Waals surface area contributed by atoms with E-state index in [1.54, 1.807) is 21.1 Å². The van der Waals surface area contributed by atoms with Crippen molar-refractivity contribution in [3.05, 3.63) is 48.6 Å². The Kier molecular flexibility index (Phi) is 47.7. The molecule has 0 saturated carbocycles. The molecule has 0 aromatic carbocycles. The van der Waals surface area contributed by atoms with Crippen LogP contribution in [0.1, 0.15) is 258 Å². The van der Waals surface area contributed by atoms with Crippen LogP contribution in [0, 0.1) is 0 Å². The number of nitrogens with zero attached hydrogens (tertiary/aromatic N) is 1. The minimum Gasteiger partial charge on any atom is -0.544 e. The van der Waals surface area contributed by atoms with Gasteiger partial charge in [0.15, 0.2) is 6.10 Å². The molecule has 8 nitrogen and oxygen atoms in total. The molecule has 0 aliphatic carbocycles. The van der Waals surface area contributed by atoms with Crippen molar-refractivity contribution < 1.29 is 38.2 Å². The zero-order chi connectivity index (χ0) is 49.2. The Bertz CT molecular complexity index is 1230. The molecule has 0 aromatic rings. The number of ether oxygens (including phenoxy) is 3. The van der Waals surface area contributed by atoms with Crippen molar-refractivity contribution in [1.29, 1.82) is 0 Å². The van der Waals surface area contributed by atoms with E-state index in [1.165, 1.54) is 173 Å². The van der Waals surface area contributed by atoms with E-state index in [0.717, 1.165) is 51.4 Å². The lowest BCUT2D eigenvalue weighted by atomic mass is 10.1. The van der Waals surface area contributed by atoms with Gasteiger partial charge in [-0.3, -0.25) is 9.59 Å². The van der Waals surface area contributed by atoms with Crippen LogP contribution in [0.3, 0.4) is 0 Å². The second kappa shape index (κ2) is 49.7. The Balaban J connectivity index is 4.21. The predicted octanol–water partition coefficient (Wildman–Crippen LogP) is 15.4. The van der Waals surface area contributed by atoms with Gasteiger partial charge in [0.2, 0.25) is 0 Å². The molecule has 0 heterocycles. The Hall–Kier alpha value is -2.71. The molecular weight excluding hydrogens is 835 g/mol. The average molecular weight is 943 g/mol. The molecule has 0 N–H and O–H groups in total. The Morgan fingerprint density at radius 3 is 1.25 bits per heavy atom. The van der Waals surface area contributed by atoms with Gasteiger partial charge in [-0.2, -0.15) is 0 Å². The SMILES string of the molecule is CCCCCC/C=C/C=C/CCCCCCCCCCCCC(=O)OCC(COCCC(C(=O)[O-])[N+](C)(C)C)OC(=O)CCCCCCCCC/C=C/C/C=C/CCCCCCCCCCC. The van der Waals surface area contributed by atoms with E-state index >= 15 is 0 Å². The second-order valence-electron chi connectivity index (χ2n) is 20.2. The standard InChI is InChI=1S/C59H107NO7/c1-6-8-10-12-14-16-18-20-22-24-26-28-29-30-32-34-36-38-40-42-44-46-48-50-58(62)67-55(53-65-52-51-56(59(63)64)60(3,4)5)54-66-57(61)49-47-45-43-41-39-37-35-33-31-27-25-23-21-19-17-15-13-11-9-7-2/h17,19,21,23,26,28,30,32,55-56H,6-16,18,20,22,24-25,27,29,31,33-54H2,1-5H3/b19-17+,23-21+,28-26+,32-30+. The van der Waals surface area contributed by atoms with E-state index in [2.05, 4.69) is 62.5 Å². The molecule has 0 saturated heterocycles. The molecule has 0 rings (SSSR count). The van der Waals surface area contributed by atoms with Gasteiger partial charge in [0, 0.05) is 19.3 Å². The fourth-order valence-corrected chi connectivity index (χ4v) is 8.33. The minimum atomic E-state index is -1.13. The smallest absolute Gasteiger partial charge is 0.306 e. The van der Waals surface area contributed by atoms with Gasteiger partial charge in [0.25, 0.3) is 0 Å². The number of hydrogen-bond donors (Lipinski definition) is 0. The maximum absolute atomic E-state index is 12.8. The number of esters is 2. The first-order valence-electron chi connectivity index (χ1n) is 28.2. The Morgan fingerprint density at radius 2 is 0.836 bits per heavy atom. The summed E-state index contributed by atoms with van der Waals surface area (Å²) in [4.78, 5) is 37.1. The van der Waals surface area contributed by atoms with E-state index in [1.807, 2.05) is 0 Å². The summed E-state index contributed by atoms with van der Waals surface area (Å²) in [5.41, 5.74) is 0. The largest absolute Gasteiger partial charge is 0.544 e. The van der Waals surface area contributed by atoms with Gasteiger partial charge in [-0.1, -0.05) is 217 Å². The first-order chi connectivity index (χ1) is 32.6. The van der Waals surface area contributed by atoms with Crippen LogP contribution in [0.5, 0.6) is 0 Å². The Labute approximate surface area is 414 Å². The normalized spacial score (nSPS) is 13.1. The molecule has 67 heavy (non-hydrogen) atoms. The quantitative estimate of drug-likeness (QED) is 0.0197. The number of quaternary nitrogens is 1. The third-order valence-corrected chi connectivity index (χ3v) is 12.7. The van der Waals surface area contributed by atoms with Crippen LogP contribution in [-0.4, -0.2) is 75.5 Å². The second-order valence-corrected chi connectivity index (χ2v) is 20.2. The van der Waals surface area contributed by atoms with Crippen LogP contribution >= 0.6 is 0 Å². The number of allylic oxidation sites excluding steroid dienone is 8. The van der Waals surface area contributed by atoms with Gasteiger partial charge >= 0.3 is 11.9 Å². The van der Waals surface area contributed by atoms with Gasteiger partial charge in [-0.05, 0) is 70.6 Å². The minimum absolute atomic E-state index is 0.0369. The van der Waals surface area contributed by atoms with E-state index in [0.29, 0.717) is 12.8 Å². The molecule has 0 aliphatic rings. The molecule has 0 bridgehead atoms. The van der Waals surface area contributed by atoms with Crippen LogP contribution < -0.4 is 5.11 Å². The van der Waals surface area contributed by atoms with E-state index in [4.69, 9.17) is 14.2 Å². The first-order valence-corrected chi connectivity index (χ1v) is 28.2. The Morgan fingerprint density at radius 1 is 0.463 bits per heavy atom. The lowest BCUT2D eigenvalue weighted by Gasteiger charge is -2.34. The third-order valence-electron chi connectivity index (χ3n) is 12.7. The molecule has 0 fully saturated rings. The lowest BCUT2D eigenvalue weighted by Crippen LogP contribution is -2.55. The van der Waals surface area contributed by atoms with Crippen molar-refractivity contribution in [2.45, 2.75) is 270 Å². The highest BCUT2D eigenvalue weighted by molar-refractivity contribution is 5.70. The van der Waals surface area contributed by atoms with Crippen LogP contribution in [0.4, 0.5) is 0 Å². The summed E-state index contributed by atoms with van der Waals surface area (Å²) in [5, 5.41) is 11.7. The number of rotatable bonds is 51. The van der Waals surface area contributed by atoms with Crippen molar-refractivity contribution in [3.63, 3.8) is 0 Å². The van der Waals surface area contributed by atoms with Gasteiger partial charge in [-0.25, -0.2) is 0 Å². The van der Waals surface area contributed by atoms with Crippen molar-refractivity contribution >= 4 is 17.9 Å². The molecular formula is C59H107NO7. The number of carboxylic acids is 1. The molecule has 2 atom stereocenters. The maximum Gasteiger partial charge on any atom is 0.306 e. The molecule has 390 valence electrons. The summed E-state index contributed by atoms with van der Waals surface area (Å²) in [5.74, 6) is -1.74. The van der Waals surface area contributed by atoms with Crippen LogP contribution in [-0.2, 0) is 28.6 Å². The van der Waals surface area contributed by atoms with E-state index in [9.17, 15) is 19.5 Å². The number of carboxylic acid groups (broad SMARTS) is 1. The molecule has 0 aromatic heterocycles. The summed E-state index contributed by atoms with van der Waals surface area (Å²) in [6, 6.07) is -0.729. The van der Waals surface area contributed by atoms with Crippen molar-refractivity contribution in [2.24, 2.45) is 0 Å². The highest BCUT2D eigenvalue weighted by atomic mass is 16.6. The molecule has 0 radical (unpaired) electrons. The fourth-order valence-electron chi connectivity index (χ4n) is 8.33. The number of carbonyl (C=O) groups excluding carboxylic acids is 3. The fraction of sp³-hybridized carbons (Fsp3) is 0.814. The highest BCUT2D eigenvalue weighted by Gasteiger charge is 2.25. The molecule has 0 aliphatic heterocycles. The lowest BCUT2D eigenvalue weighted by molar-refractivity contribution is -0.889. The molecule has 2 unspecified atom stereocenters. The highest BCUT2D eigenvalue weighted by Crippen LogP contribution is 2.16. The van der Waals surface area contributed by atoms with E-state index < -0.39 is 18.1 Å². The number of carbonyl (C=O) groups is 3. The summed E-state index contributed by atoms with van der Waals surface area (Å²) < 4.78 is 17.3. The van der Waals surface area contributed by atoms with E-state index in [-0.39, 0.29) is 42.7 Å². The molecule has 8 heteroatoms. The number of likely N-dealkylation sites (N-methyl/N-ethyl adjacent to an activating group) is 1. The van der Waals surface area contributed by atoms with Gasteiger partial charge in [0.05, 0.1) is 40.3 Å². The summed E-state index contributed by atoms with van der Waals surface area (Å²) in [7, 11) is 5.42. The third kappa shape index (κ3) is 48.1. The van der Waals surface area contributed by atoms with Crippen molar-refractivity contribution in [1.82, 2.24) is 0 Å².